The van der Waals surface area contributed by atoms with Gasteiger partial charge in [-0.1, -0.05) is 0 Å². The van der Waals surface area contributed by atoms with Gasteiger partial charge in [0.05, 0.1) is 0 Å². The lowest BCUT2D eigenvalue weighted by Crippen LogP contribution is -2.10. The molecule has 0 unspecified atom stereocenters. The van der Waals surface area contributed by atoms with Crippen LogP contribution in [-0.2, 0) is 4.74 Å². The molecule has 3 N–H and O–H groups in total. The van der Waals surface area contributed by atoms with Crippen LogP contribution in [0, 0.1) is 5.95 Å². The summed E-state index contributed by atoms with van der Waals surface area (Å²) in [6.07, 6.45) is 2.52. The van der Waals surface area contributed by atoms with Crippen LogP contribution >= 0.6 is 11.8 Å². The number of ether oxygens (including phenoxy) is 1. The second-order valence-electron chi connectivity index (χ2n) is 3.03. The number of rotatable bonds is 6. The fourth-order valence-corrected chi connectivity index (χ4v) is 1.59. The number of methoxy groups -OCH3 is 1. The number of nitrogens with one attached hydrogen (secondary N) is 1. The van der Waals surface area contributed by atoms with Gasteiger partial charge in [0, 0.05) is 20.3 Å². The van der Waals surface area contributed by atoms with Crippen LogP contribution in [0.15, 0.2) is 4.90 Å². The highest BCUT2D eigenvalue weighted by Crippen LogP contribution is 2.24. The highest BCUT2D eigenvalue weighted by atomic mass is 32.2. The molecule has 7 heteroatoms. The van der Waals surface area contributed by atoms with E-state index in [-0.39, 0.29) is 16.7 Å². The molecular formula is C9H15FN4OS. The van der Waals surface area contributed by atoms with E-state index >= 15 is 0 Å². The first kappa shape index (κ1) is 13.0. The number of hydrogen-bond donors (Lipinski definition) is 2. The third kappa shape index (κ3) is 3.49. The molecule has 16 heavy (non-hydrogen) atoms. The van der Waals surface area contributed by atoms with Crippen LogP contribution in [-0.4, -0.2) is 36.5 Å². The molecule has 0 spiro atoms. The Balaban J connectivity index is 2.61. The minimum atomic E-state index is -0.589. The second-order valence-corrected chi connectivity index (χ2v) is 3.85. The van der Waals surface area contributed by atoms with E-state index < -0.39 is 5.95 Å². The number of aromatic nitrogens is 2. The maximum atomic E-state index is 13.4. The maximum absolute atomic E-state index is 13.4. The van der Waals surface area contributed by atoms with Gasteiger partial charge in [-0.25, -0.2) is 0 Å². The molecule has 1 aromatic rings. The number of nitrogen functional groups attached to an aromatic ring is 1. The number of nitrogens with two attached hydrogens (primary N) is 1. The Hall–Kier alpha value is -1.08. The Kier molecular flexibility index (Phi) is 5.27. The summed E-state index contributed by atoms with van der Waals surface area (Å²) in [6.45, 7) is 1.25. The van der Waals surface area contributed by atoms with Crippen LogP contribution in [0.4, 0.5) is 16.2 Å². The van der Waals surface area contributed by atoms with Gasteiger partial charge in [-0.15, -0.1) is 11.8 Å². The number of hydrogen-bond acceptors (Lipinski definition) is 6. The van der Waals surface area contributed by atoms with Gasteiger partial charge in [0.1, 0.15) is 10.7 Å². The Morgan fingerprint density at radius 2 is 2.25 bits per heavy atom. The molecule has 0 aliphatic rings. The van der Waals surface area contributed by atoms with Crippen LogP contribution in [0.3, 0.4) is 0 Å². The van der Waals surface area contributed by atoms with Crippen LogP contribution in [0.5, 0.6) is 0 Å². The van der Waals surface area contributed by atoms with Gasteiger partial charge >= 0.3 is 0 Å². The van der Waals surface area contributed by atoms with Gasteiger partial charge in [-0.2, -0.15) is 14.4 Å². The predicted octanol–water partition coefficient (Wildman–Crippen LogP) is 1.37. The maximum Gasteiger partial charge on any atom is 0.233 e. The minimum absolute atomic E-state index is 0.161. The molecule has 0 radical (unpaired) electrons. The largest absolute Gasteiger partial charge is 0.385 e. The van der Waals surface area contributed by atoms with Crippen molar-refractivity contribution in [1.29, 1.82) is 0 Å². The van der Waals surface area contributed by atoms with Gasteiger partial charge in [0.2, 0.25) is 11.9 Å². The van der Waals surface area contributed by atoms with Crippen molar-refractivity contribution in [3.05, 3.63) is 5.95 Å². The zero-order valence-electron chi connectivity index (χ0n) is 9.29. The van der Waals surface area contributed by atoms with Gasteiger partial charge < -0.3 is 15.8 Å². The van der Waals surface area contributed by atoms with E-state index in [2.05, 4.69) is 15.3 Å². The van der Waals surface area contributed by atoms with Crippen molar-refractivity contribution in [2.75, 3.05) is 37.6 Å². The third-order valence-corrected chi connectivity index (χ3v) is 2.65. The summed E-state index contributed by atoms with van der Waals surface area (Å²) in [7, 11) is 1.63. The average Bonchev–Trinajstić information content (AvgIpc) is 2.24. The summed E-state index contributed by atoms with van der Waals surface area (Å²) in [4.78, 5) is 7.91. The van der Waals surface area contributed by atoms with Crippen molar-refractivity contribution < 1.29 is 9.13 Å². The van der Waals surface area contributed by atoms with Crippen molar-refractivity contribution in [3.8, 4) is 0 Å². The first-order chi connectivity index (χ1) is 7.69. The van der Waals surface area contributed by atoms with Crippen LogP contribution in [0.1, 0.15) is 6.42 Å². The SMILES string of the molecule is COCCCNc1nc(N)c(SC)c(F)n1. The lowest BCUT2D eigenvalue weighted by atomic mass is 10.4. The van der Waals surface area contributed by atoms with Crippen LogP contribution in [0.25, 0.3) is 0 Å². The van der Waals surface area contributed by atoms with Crippen molar-refractivity contribution in [2.24, 2.45) is 0 Å². The molecule has 0 saturated carbocycles. The summed E-state index contributed by atoms with van der Waals surface area (Å²) in [5.74, 6) is -0.215. The number of anilines is 2. The molecule has 0 amide bonds. The lowest BCUT2D eigenvalue weighted by molar-refractivity contribution is 0.197. The van der Waals surface area contributed by atoms with Crippen LogP contribution < -0.4 is 11.1 Å². The van der Waals surface area contributed by atoms with Crippen LogP contribution in [0.2, 0.25) is 0 Å². The molecule has 90 valence electrons. The number of halogens is 1. The highest BCUT2D eigenvalue weighted by molar-refractivity contribution is 7.98. The van der Waals surface area contributed by atoms with Gasteiger partial charge in [-0.05, 0) is 12.7 Å². The van der Waals surface area contributed by atoms with Crippen molar-refractivity contribution in [1.82, 2.24) is 9.97 Å². The van der Waals surface area contributed by atoms with Crippen molar-refractivity contribution in [2.45, 2.75) is 11.3 Å². The normalized spacial score (nSPS) is 10.4. The molecule has 0 aliphatic carbocycles. The molecule has 0 aromatic carbocycles. The summed E-state index contributed by atoms with van der Waals surface area (Å²) in [6, 6.07) is 0. The van der Waals surface area contributed by atoms with E-state index in [0.29, 0.717) is 13.2 Å². The smallest absolute Gasteiger partial charge is 0.233 e. The highest BCUT2D eigenvalue weighted by Gasteiger charge is 2.10. The van der Waals surface area contributed by atoms with Gasteiger partial charge in [0.25, 0.3) is 0 Å². The monoisotopic (exact) mass is 246 g/mol. The predicted molar refractivity (Wildman–Crippen MR) is 63.2 cm³/mol. The van der Waals surface area contributed by atoms with E-state index in [1.165, 1.54) is 11.8 Å². The topological polar surface area (TPSA) is 73.1 Å². The fourth-order valence-electron chi connectivity index (χ4n) is 1.12. The van der Waals surface area contributed by atoms with E-state index in [9.17, 15) is 4.39 Å². The molecule has 0 aliphatic heterocycles. The molecule has 1 rings (SSSR count). The summed E-state index contributed by atoms with van der Waals surface area (Å²) in [5.41, 5.74) is 5.59. The molecule has 0 saturated heterocycles. The molecule has 0 atom stereocenters. The zero-order valence-corrected chi connectivity index (χ0v) is 10.1. The standard InChI is InChI=1S/C9H15FN4OS/c1-15-5-3-4-12-9-13-7(10)6(16-2)8(11)14-9/h3-5H2,1-2H3,(H3,11,12,13,14). The fraction of sp³-hybridized carbons (Fsp3) is 0.556. The zero-order chi connectivity index (χ0) is 12.0. The molecule has 1 heterocycles. The summed E-state index contributed by atoms with van der Waals surface area (Å²) < 4.78 is 18.3. The first-order valence-corrected chi connectivity index (χ1v) is 6.01. The van der Waals surface area contributed by atoms with E-state index in [0.717, 1.165) is 6.42 Å². The Morgan fingerprint density at radius 3 is 2.81 bits per heavy atom. The second kappa shape index (κ2) is 6.49. The number of thioether (sulfide) groups is 1. The summed E-state index contributed by atoms with van der Waals surface area (Å²) >= 11 is 1.19. The van der Waals surface area contributed by atoms with Crippen molar-refractivity contribution in [3.63, 3.8) is 0 Å². The Labute approximate surface area is 98.0 Å². The molecule has 1 aromatic heterocycles. The van der Waals surface area contributed by atoms with E-state index in [1.54, 1.807) is 13.4 Å². The molecular weight excluding hydrogens is 231 g/mol. The van der Waals surface area contributed by atoms with Crippen molar-refractivity contribution >= 4 is 23.5 Å². The van der Waals surface area contributed by atoms with Gasteiger partial charge in [0.15, 0.2) is 0 Å². The Bertz CT molecular complexity index is 327. The lowest BCUT2D eigenvalue weighted by Gasteiger charge is -2.07. The summed E-state index contributed by atoms with van der Waals surface area (Å²) in [5, 5.41) is 2.88. The Morgan fingerprint density at radius 1 is 1.50 bits per heavy atom. The number of nitrogens with zero attached hydrogens (tertiary/aromatic N) is 2. The van der Waals surface area contributed by atoms with Gasteiger partial charge in [-0.3, -0.25) is 0 Å². The first-order valence-electron chi connectivity index (χ1n) is 4.78. The average molecular weight is 246 g/mol. The minimum Gasteiger partial charge on any atom is -0.385 e. The molecule has 5 nitrogen and oxygen atoms in total. The molecule has 0 fully saturated rings. The van der Waals surface area contributed by atoms with E-state index in [4.69, 9.17) is 10.5 Å². The van der Waals surface area contributed by atoms with E-state index in [1.807, 2.05) is 0 Å². The molecule has 0 bridgehead atoms. The quantitative estimate of drug-likeness (QED) is 0.448. The third-order valence-electron chi connectivity index (χ3n) is 1.86.